The normalized spacial score (nSPS) is 16.0. The smallest absolute Gasteiger partial charge is 0.271 e. The summed E-state index contributed by atoms with van der Waals surface area (Å²) in [6, 6.07) is 10.5. The van der Waals surface area contributed by atoms with E-state index in [0.717, 1.165) is 18.4 Å². The Hall–Kier alpha value is -1.86. The molecule has 1 fully saturated rings. The molecule has 7 heteroatoms. The van der Waals surface area contributed by atoms with Gasteiger partial charge < -0.3 is 5.32 Å². The first-order valence-corrected chi connectivity index (χ1v) is 10.2. The lowest BCUT2D eigenvalue weighted by molar-refractivity contribution is -0.124. The number of thiophene rings is 1. The number of rotatable bonds is 6. The van der Waals surface area contributed by atoms with Crippen LogP contribution in [-0.2, 0) is 20.2 Å². The van der Waals surface area contributed by atoms with E-state index < -0.39 is 15.4 Å². The van der Waals surface area contributed by atoms with Crippen LogP contribution in [0.2, 0.25) is 0 Å². The van der Waals surface area contributed by atoms with Crippen molar-refractivity contribution in [3.63, 3.8) is 0 Å². The summed E-state index contributed by atoms with van der Waals surface area (Å²) in [5, 5.41) is 4.69. The van der Waals surface area contributed by atoms with Crippen LogP contribution in [0.1, 0.15) is 32.3 Å². The molecule has 0 atom stereocenters. The number of amides is 1. The SMILES string of the molecule is CC(C)NC(=O)C1(c2ccc(NS(=O)(=O)c3cccs3)cc2)CC1. The molecule has 1 aromatic carbocycles. The van der Waals surface area contributed by atoms with Crippen molar-refractivity contribution in [3.8, 4) is 0 Å². The van der Waals surface area contributed by atoms with Crippen LogP contribution in [0.15, 0.2) is 46.0 Å². The monoisotopic (exact) mass is 364 g/mol. The van der Waals surface area contributed by atoms with E-state index in [1.807, 2.05) is 26.0 Å². The van der Waals surface area contributed by atoms with E-state index in [2.05, 4.69) is 10.0 Å². The second kappa shape index (κ2) is 6.22. The third kappa shape index (κ3) is 3.32. The molecular weight excluding hydrogens is 344 g/mol. The molecule has 0 aliphatic heterocycles. The van der Waals surface area contributed by atoms with Crippen LogP contribution in [0.25, 0.3) is 0 Å². The molecule has 1 heterocycles. The summed E-state index contributed by atoms with van der Waals surface area (Å²) in [6.45, 7) is 3.88. The van der Waals surface area contributed by atoms with Crippen LogP contribution in [-0.4, -0.2) is 20.4 Å². The maximum atomic E-state index is 12.4. The molecule has 2 N–H and O–H groups in total. The van der Waals surface area contributed by atoms with E-state index in [9.17, 15) is 13.2 Å². The van der Waals surface area contributed by atoms with Crippen LogP contribution in [0.5, 0.6) is 0 Å². The number of benzene rings is 1. The zero-order valence-electron chi connectivity index (χ0n) is 13.6. The summed E-state index contributed by atoms with van der Waals surface area (Å²) in [5.74, 6) is 0.0458. The summed E-state index contributed by atoms with van der Waals surface area (Å²) in [6.07, 6.45) is 1.65. The standard InChI is InChI=1S/C17H20N2O3S2/c1-12(2)18-16(20)17(9-10-17)13-5-7-14(8-6-13)19-24(21,22)15-4-3-11-23-15/h3-8,11-12,19H,9-10H2,1-2H3,(H,18,20). The number of hydrogen-bond acceptors (Lipinski definition) is 4. The fourth-order valence-electron chi connectivity index (χ4n) is 2.65. The highest BCUT2D eigenvalue weighted by Gasteiger charge is 2.51. The van der Waals surface area contributed by atoms with E-state index >= 15 is 0 Å². The van der Waals surface area contributed by atoms with E-state index in [0.29, 0.717) is 5.69 Å². The average Bonchev–Trinajstić information content (AvgIpc) is 3.13. The minimum absolute atomic E-state index is 0.0458. The van der Waals surface area contributed by atoms with Crippen molar-refractivity contribution in [3.05, 3.63) is 47.3 Å². The topological polar surface area (TPSA) is 75.3 Å². The van der Waals surface area contributed by atoms with Crippen LogP contribution >= 0.6 is 11.3 Å². The predicted molar refractivity (Wildman–Crippen MR) is 95.8 cm³/mol. The van der Waals surface area contributed by atoms with Gasteiger partial charge in [-0.3, -0.25) is 9.52 Å². The van der Waals surface area contributed by atoms with Crippen molar-refractivity contribution in [1.82, 2.24) is 5.32 Å². The van der Waals surface area contributed by atoms with Crippen molar-refractivity contribution in [2.24, 2.45) is 0 Å². The van der Waals surface area contributed by atoms with E-state index in [4.69, 9.17) is 0 Å². The van der Waals surface area contributed by atoms with Gasteiger partial charge in [-0.15, -0.1) is 11.3 Å². The molecule has 1 aromatic heterocycles. The van der Waals surface area contributed by atoms with Gasteiger partial charge in [0.1, 0.15) is 4.21 Å². The quantitative estimate of drug-likeness (QED) is 0.827. The first kappa shape index (κ1) is 17.0. The molecule has 128 valence electrons. The molecule has 0 unspecified atom stereocenters. The van der Waals surface area contributed by atoms with Crippen molar-refractivity contribution >= 4 is 33.0 Å². The second-order valence-corrected chi connectivity index (χ2v) is 9.18. The van der Waals surface area contributed by atoms with Crippen molar-refractivity contribution in [2.45, 2.75) is 42.4 Å². The molecule has 5 nitrogen and oxygen atoms in total. The molecule has 1 aliphatic rings. The molecule has 0 spiro atoms. The maximum Gasteiger partial charge on any atom is 0.271 e. The fraction of sp³-hybridized carbons (Fsp3) is 0.353. The lowest BCUT2D eigenvalue weighted by Crippen LogP contribution is -2.38. The van der Waals surface area contributed by atoms with Gasteiger partial charge in [0.05, 0.1) is 5.41 Å². The molecule has 0 bridgehead atoms. The number of sulfonamides is 1. The fourth-order valence-corrected chi connectivity index (χ4v) is 4.70. The summed E-state index contributed by atoms with van der Waals surface area (Å²) < 4.78 is 27.3. The second-order valence-electron chi connectivity index (χ2n) is 6.33. The van der Waals surface area contributed by atoms with E-state index in [-0.39, 0.29) is 16.2 Å². The lowest BCUT2D eigenvalue weighted by atomic mass is 9.94. The Morgan fingerprint density at radius 2 is 1.83 bits per heavy atom. The highest BCUT2D eigenvalue weighted by atomic mass is 32.2. The Morgan fingerprint density at radius 1 is 1.17 bits per heavy atom. The van der Waals surface area contributed by atoms with Gasteiger partial charge in [-0.25, -0.2) is 8.42 Å². The largest absolute Gasteiger partial charge is 0.353 e. The van der Waals surface area contributed by atoms with Crippen molar-refractivity contribution < 1.29 is 13.2 Å². The summed E-state index contributed by atoms with van der Waals surface area (Å²) in [4.78, 5) is 12.4. The average molecular weight is 364 g/mol. The number of carbonyl (C=O) groups excluding carboxylic acids is 1. The van der Waals surface area contributed by atoms with Crippen LogP contribution in [0.3, 0.4) is 0 Å². The zero-order valence-corrected chi connectivity index (χ0v) is 15.2. The summed E-state index contributed by atoms with van der Waals surface area (Å²) in [5.41, 5.74) is 0.974. The molecule has 1 saturated carbocycles. The van der Waals surface area contributed by atoms with Gasteiger partial charge in [0.15, 0.2) is 0 Å². The Labute approximate surface area is 146 Å². The molecule has 1 aliphatic carbocycles. The Bertz CT molecular complexity index is 821. The van der Waals surface area contributed by atoms with Gasteiger partial charge in [-0.2, -0.15) is 0 Å². The summed E-state index contributed by atoms with van der Waals surface area (Å²) in [7, 11) is -3.55. The molecule has 0 saturated heterocycles. The van der Waals surface area contributed by atoms with Gasteiger partial charge in [0, 0.05) is 11.7 Å². The molecule has 3 rings (SSSR count). The molecule has 1 amide bonds. The third-order valence-electron chi connectivity index (χ3n) is 4.05. The summed E-state index contributed by atoms with van der Waals surface area (Å²) >= 11 is 1.17. The highest BCUT2D eigenvalue weighted by Crippen LogP contribution is 2.48. The molecule has 0 radical (unpaired) electrons. The van der Waals surface area contributed by atoms with Gasteiger partial charge in [-0.05, 0) is 55.8 Å². The van der Waals surface area contributed by atoms with E-state index in [1.54, 1.807) is 29.6 Å². The van der Waals surface area contributed by atoms with Crippen LogP contribution in [0, 0.1) is 0 Å². The third-order valence-corrected chi connectivity index (χ3v) is 6.83. The first-order chi connectivity index (χ1) is 11.3. The highest BCUT2D eigenvalue weighted by molar-refractivity contribution is 7.94. The number of nitrogens with one attached hydrogen (secondary N) is 2. The van der Waals surface area contributed by atoms with E-state index in [1.165, 1.54) is 11.3 Å². The number of hydrogen-bond donors (Lipinski definition) is 2. The van der Waals surface area contributed by atoms with Gasteiger partial charge in [-0.1, -0.05) is 18.2 Å². The maximum absolute atomic E-state index is 12.4. The molecule has 24 heavy (non-hydrogen) atoms. The van der Waals surface area contributed by atoms with Gasteiger partial charge >= 0.3 is 0 Å². The first-order valence-electron chi connectivity index (χ1n) is 7.81. The number of carbonyl (C=O) groups is 1. The lowest BCUT2D eigenvalue weighted by Gasteiger charge is -2.18. The van der Waals surface area contributed by atoms with Crippen LogP contribution in [0.4, 0.5) is 5.69 Å². The van der Waals surface area contributed by atoms with Gasteiger partial charge in [0.25, 0.3) is 10.0 Å². The minimum atomic E-state index is -3.55. The zero-order chi connectivity index (χ0) is 17.4. The van der Waals surface area contributed by atoms with Crippen molar-refractivity contribution in [2.75, 3.05) is 4.72 Å². The minimum Gasteiger partial charge on any atom is -0.353 e. The van der Waals surface area contributed by atoms with Crippen LogP contribution < -0.4 is 10.0 Å². The Morgan fingerprint density at radius 3 is 2.33 bits per heavy atom. The molecule has 2 aromatic rings. The molecular formula is C17H20N2O3S2. The van der Waals surface area contributed by atoms with Crippen molar-refractivity contribution in [1.29, 1.82) is 0 Å². The predicted octanol–water partition coefficient (Wildman–Crippen LogP) is 3.11. The Balaban J connectivity index is 1.76. The van der Waals surface area contributed by atoms with Gasteiger partial charge in [0.2, 0.25) is 5.91 Å². The number of anilines is 1. The Kier molecular flexibility index (Phi) is 4.40.